The van der Waals surface area contributed by atoms with Crippen molar-refractivity contribution in [2.45, 2.75) is 143 Å². The fraction of sp³-hybridized carbons (Fsp3) is 0.703. The summed E-state index contributed by atoms with van der Waals surface area (Å²) in [7, 11) is 0. The second-order valence-corrected chi connectivity index (χ2v) is 14.5. The number of rotatable bonds is 21. The lowest BCUT2D eigenvalue weighted by Crippen LogP contribution is -2.46. The Bertz CT molecular complexity index is 1170. The molecule has 46 heavy (non-hydrogen) atoms. The Labute approximate surface area is 276 Å². The summed E-state index contributed by atoms with van der Waals surface area (Å²) < 4.78 is 10.7. The van der Waals surface area contributed by atoms with Crippen molar-refractivity contribution in [3.8, 4) is 0 Å². The van der Waals surface area contributed by atoms with Crippen LogP contribution in [-0.4, -0.2) is 53.2 Å². The van der Waals surface area contributed by atoms with Crippen molar-refractivity contribution in [1.82, 2.24) is 5.32 Å². The zero-order valence-electron chi connectivity index (χ0n) is 29.5. The highest BCUT2D eigenvalue weighted by Gasteiger charge is 2.50. The van der Waals surface area contributed by atoms with Crippen molar-refractivity contribution in [3.05, 3.63) is 29.8 Å². The van der Waals surface area contributed by atoms with Crippen molar-refractivity contribution in [2.24, 2.45) is 17.8 Å². The summed E-state index contributed by atoms with van der Waals surface area (Å²) in [5, 5.41) is 5.70. The summed E-state index contributed by atoms with van der Waals surface area (Å²) in [6.07, 6.45) is 5.64. The molecule has 1 aromatic rings. The molecular formula is C37H58N2O7. The number of nitrogens with one attached hydrogen (secondary N) is 2. The maximum atomic E-state index is 13.8. The molecule has 1 aliphatic heterocycles. The van der Waals surface area contributed by atoms with Crippen molar-refractivity contribution in [1.29, 1.82) is 0 Å². The molecule has 1 fully saturated rings. The molecule has 9 heteroatoms. The van der Waals surface area contributed by atoms with E-state index >= 15 is 0 Å². The second kappa shape index (κ2) is 18.3. The van der Waals surface area contributed by atoms with E-state index in [1.807, 2.05) is 32.9 Å². The molecule has 0 aromatic heterocycles. The van der Waals surface area contributed by atoms with E-state index in [1.165, 1.54) is 0 Å². The molecule has 1 aromatic carbocycles. The second-order valence-electron chi connectivity index (χ2n) is 14.5. The number of epoxide rings is 1. The molecule has 4 atom stereocenters. The smallest absolute Gasteiger partial charge is 0.412 e. The normalized spacial score (nSPS) is 17.9. The van der Waals surface area contributed by atoms with Gasteiger partial charge in [-0.3, -0.25) is 24.5 Å². The van der Waals surface area contributed by atoms with E-state index in [9.17, 15) is 24.0 Å². The Morgan fingerprint density at radius 1 is 0.935 bits per heavy atom. The number of hydrogen-bond acceptors (Lipinski definition) is 7. The molecule has 0 radical (unpaired) electrons. The van der Waals surface area contributed by atoms with Gasteiger partial charge in [0.2, 0.25) is 5.91 Å². The number of anilines is 1. The van der Waals surface area contributed by atoms with Gasteiger partial charge in [0.05, 0.1) is 12.6 Å². The molecule has 0 bridgehead atoms. The highest BCUT2D eigenvalue weighted by molar-refractivity contribution is 5.97. The fourth-order valence-corrected chi connectivity index (χ4v) is 5.57. The lowest BCUT2D eigenvalue weighted by molar-refractivity contribution is -0.135. The average molecular weight is 643 g/mol. The zero-order chi connectivity index (χ0) is 34.5. The maximum Gasteiger partial charge on any atom is 0.412 e. The summed E-state index contributed by atoms with van der Waals surface area (Å²) in [5.74, 6) is -1.42. The van der Waals surface area contributed by atoms with Crippen LogP contribution in [-0.2, 0) is 35.1 Å². The number of benzene rings is 1. The number of Topliss-reactive ketones (excluding diaryl/α,β-unsaturated/α-hetero) is 3. The number of carbonyl (C=O) groups is 5. The van der Waals surface area contributed by atoms with E-state index in [-0.39, 0.29) is 42.0 Å². The Morgan fingerprint density at radius 3 is 2.11 bits per heavy atom. The average Bonchev–Trinajstić information content (AvgIpc) is 3.72. The molecule has 0 saturated carbocycles. The Balaban J connectivity index is 2.21. The van der Waals surface area contributed by atoms with Gasteiger partial charge in [-0.05, 0) is 77.0 Å². The summed E-state index contributed by atoms with van der Waals surface area (Å²) in [4.78, 5) is 65.9. The van der Waals surface area contributed by atoms with Crippen LogP contribution in [0.3, 0.4) is 0 Å². The molecule has 9 nitrogen and oxygen atoms in total. The highest BCUT2D eigenvalue weighted by Crippen LogP contribution is 2.34. The van der Waals surface area contributed by atoms with Gasteiger partial charge in [0.1, 0.15) is 17.0 Å². The van der Waals surface area contributed by atoms with Crippen LogP contribution in [0.4, 0.5) is 10.5 Å². The Kier molecular flexibility index (Phi) is 15.6. The van der Waals surface area contributed by atoms with E-state index in [0.717, 1.165) is 37.7 Å². The molecule has 0 aliphatic carbocycles. The molecule has 1 aliphatic rings. The summed E-state index contributed by atoms with van der Waals surface area (Å²) in [6.45, 7) is 15.7. The molecule has 0 unspecified atom stereocenters. The minimum Gasteiger partial charge on any atom is -0.444 e. The van der Waals surface area contributed by atoms with Crippen LogP contribution >= 0.6 is 0 Å². The first-order chi connectivity index (χ1) is 21.6. The van der Waals surface area contributed by atoms with Gasteiger partial charge >= 0.3 is 6.09 Å². The van der Waals surface area contributed by atoms with Crippen molar-refractivity contribution in [2.75, 3.05) is 11.9 Å². The van der Waals surface area contributed by atoms with Gasteiger partial charge in [-0.25, -0.2) is 4.79 Å². The van der Waals surface area contributed by atoms with E-state index in [0.29, 0.717) is 38.0 Å². The van der Waals surface area contributed by atoms with Crippen LogP contribution in [0, 0.1) is 17.8 Å². The summed E-state index contributed by atoms with van der Waals surface area (Å²) in [6, 6.07) is 6.37. The topological polar surface area (TPSA) is 131 Å². The van der Waals surface area contributed by atoms with Crippen LogP contribution in [0.5, 0.6) is 0 Å². The van der Waals surface area contributed by atoms with E-state index < -0.39 is 35.2 Å². The predicted molar refractivity (Wildman–Crippen MR) is 181 cm³/mol. The zero-order valence-corrected chi connectivity index (χ0v) is 29.5. The van der Waals surface area contributed by atoms with Gasteiger partial charge in [-0.1, -0.05) is 65.5 Å². The third-order valence-corrected chi connectivity index (χ3v) is 8.21. The fourth-order valence-electron chi connectivity index (χ4n) is 5.57. The third-order valence-electron chi connectivity index (χ3n) is 8.21. The standard InChI is InChI=1S/C37H58N2O7/c1-9-11-13-14-30(40)22-28(21-26-16-18-29(19-17-26)38-35(44)46-36(5,6)7)34(43)39-31(15-12-10-2)32(41)23-27(20-25(3)4)33(42)37(8)24-45-37/h16-19,25,27-28,31H,9-15,20-24H2,1-8H3,(H,38,44)(H,39,43)/t27-,28-,31+,37-/m1/s1. The Morgan fingerprint density at radius 2 is 1.57 bits per heavy atom. The maximum absolute atomic E-state index is 13.8. The van der Waals surface area contributed by atoms with E-state index in [1.54, 1.807) is 39.8 Å². The number of ether oxygens (including phenoxy) is 2. The largest absolute Gasteiger partial charge is 0.444 e. The first-order valence-electron chi connectivity index (χ1n) is 17.2. The van der Waals surface area contributed by atoms with Gasteiger partial charge in [-0.2, -0.15) is 0 Å². The lowest BCUT2D eigenvalue weighted by Gasteiger charge is -2.25. The van der Waals surface area contributed by atoms with Crippen LogP contribution < -0.4 is 10.6 Å². The van der Waals surface area contributed by atoms with Crippen LogP contribution in [0.1, 0.15) is 125 Å². The number of hydrogen-bond donors (Lipinski definition) is 2. The van der Waals surface area contributed by atoms with Gasteiger partial charge < -0.3 is 14.8 Å². The predicted octanol–water partition coefficient (Wildman–Crippen LogP) is 7.39. The van der Waals surface area contributed by atoms with Crippen LogP contribution in [0.15, 0.2) is 24.3 Å². The highest BCUT2D eigenvalue weighted by atomic mass is 16.6. The molecular weight excluding hydrogens is 584 g/mol. The van der Waals surface area contributed by atoms with E-state index in [2.05, 4.69) is 17.6 Å². The molecule has 2 rings (SSSR count). The summed E-state index contributed by atoms with van der Waals surface area (Å²) >= 11 is 0. The van der Waals surface area contributed by atoms with Gasteiger partial charge in [0.15, 0.2) is 11.6 Å². The van der Waals surface area contributed by atoms with Crippen molar-refractivity contribution >= 4 is 35.0 Å². The van der Waals surface area contributed by atoms with Crippen molar-refractivity contribution in [3.63, 3.8) is 0 Å². The quantitative estimate of drug-likeness (QED) is 0.106. The molecule has 0 spiro atoms. The monoisotopic (exact) mass is 642 g/mol. The number of unbranched alkanes of at least 4 members (excludes halogenated alkanes) is 3. The van der Waals surface area contributed by atoms with Crippen molar-refractivity contribution < 1.29 is 33.4 Å². The van der Waals surface area contributed by atoms with Gasteiger partial charge in [0, 0.05) is 36.8 Å². The van der Waals surface area contributed by atoms with Gasteiger partial charge in [-0.15, -0.1) is 0 Å². The third kappa shape index (κ3) is 14.1. The molecule has 258 valence electrons. The molecule has 1 heterocycles. The van der Waals surface area contributed by atoms with Crippen LogP contribution in [0.25, 0.3) is 0 Å². The number of carbonyl (C=O) groups excluding carboxylic acids is 5. The van der Waals surface area contributed by atoms with Gasteiger partial charge in [0.25, 0.3) is 0 Å². The molecule has 2 N–H and O–H groups in total. The molecule has 1 saturated heterocycles. The Hall–Kier alpha value is -3.07. The minimum atomic E-state index is -0.816. The summed E-state index contributed by atoms with van der Waals surface area (Å²) in [5.41, 5.74) is -0.0635. The molecule has 2 amide bonds. The number of ketones is 3. The number of amides is 2. The van der Waals surface area contributed by atoms with E-state index in [4.69, 9.17) is 9.47 Å². The van der Waals surface area contributed by atoms with Crippen LogP contribution in [0.2, 0.25) is 0 Å². The first-order valence-corrected chi connectivity index (χ1v) is 17.2. The lowest BCUT2D eigenvalue weighted by atomic mass is 9.82. The first kappa shape index (κ1) is 39.1. The SMILES string of the molecule is CCCCCC(=O)C[C@@H](Cc1ccc(NC(=O)OC(C)(C)C)cc1)C(=O)N[C@@H](CCCC)C(=O)C[C@@H](CC(C)C)C(=O)[C@@]1(C)CO1. The minimum absolute atomic E-state index is 0.0218.